The second kappa shape index (κ2) is 10.4. The van der Waals surface area contributed by atoms with E-state index in [2.05, 4.69) is 5.32 Å². The average Bonchev–Trinajstić information content (AvgIpc) is 3.29. The van der Waals surface area contributed by atoms with Crippen LogP contribution in [0.2, 0.25) is 0 Å². The van der Waals surface area contributed by atoms with Crippen molar-refractivity contribution in [3.63, 3.8) is 0 Å². The van der Waals surface area contributed by atoms with Gasteiger partial charge in [-0.1, -0.05) is 35.9 Å². The van der Waals surface area contributed by atoms with E-state index >= 15 is 0 Å². The minimum atomic E-state index is -4.09. The van der Waals surface area contributed by atoms with Crippen molar-refractivity contribution in [2.45, 2.75) is 31.6 Å². The Morgan fingerprint density at radius 2 is 1.78 bits per heavy atom. The van der Waals surface area contributed by atoms with E-state index in [4.69, 9.17) is 4.74 Å². The van der Waals surface area contributed by atoms with Crippen molar-refractivity contribution in [1.82, 2.24) is 0 Å². The summed E-state index contributed by atoms with van der Waals surface area (Å²) in [5, 5.41) is 2.79. The number of para-hydroxylation sites is 2. The van der Waals surface area contributed by atoms with Gasteiger partial charge in [0.05, 0.1) is 17.7 Å². The van der Waals surface area contributed by atoms with Crippen LogP contribution < -0.4 is 19.3 Å². The molecule has 0 aromatic heterocycles. The molecule has 4 rings (SSSR count). The molecule has 3 aromatic rings. The fourth-order valence-corrected chi connectivity index (χ4v) is 5.62. The largest absolute Gasteiger partial charge is 0.495 e. The smallest absolute Gasteiger partial charge is 0.264 e. The molecular weight excluding hydrogens is 478 g/mol. The van der Waals surface area contributed by atoms with Crippen molar-refractivity contribution < 1.29 is 22.7 Å². The summed E-state index contributed by atoms with van der Waals surface area (Å²) in [5.74, 6) is -0.154. The second-order valence-corrected chi connectivity index (χ2v) is 10.6. The van der Waals surface area contributed by atoms with Crippen LogP contribution in [0.15, 0.2) is 71.6 Å². The van der Waals surface area contributed by atoms with Gasteiger partial charge < -0.3 is 15.0 Å². The van der Waals surface area contributed by atoms with E-state index in [0.29, 0.717) is 24.4 Å². The molecular formula is C27H29N3O5S. The molecule has 3 aromatic carbocycles. The second-order valence-electron chi connectivity index (χ2n) is 8.69. The Balaban J connectivity index is 1.65. The highest BCUT2D eigenvalue weighted by atomic mass is 32.2. The highest BCUT2D eigenvalue weighted by Gasteiger charge is 2.30. The van der Waals surface area contributed by atoms with Gasteiger partial charge in [-0.15, -0.1) is 0 Å². The lowest BCUT2D eigenvalue weighted by Gasteiger charge is -2.26. The van der Waals surface area contributed by atoms with Gasteiger partial charge in [0.1, 0.15) is 12.3 Å². The lowest BCUT2D eigenvalue weighted by atomic mass is 10.1. The molecule has 0 unspecified atom stereocenters. The summed E-state index contributed by atoms with van der Waals surface area (Å²) < 4.78 is 33.8. The third-order valence-electron chi connectivity index (χ3n) is 6.11. The van der Waals surface area contributed by atoms with Gasteiger partial charge in [-0.05, 0) is 62.2 Å². The van der Waals surface area contributed by atoms with Crippen LogP contribution in [0.1, 0.15) is 24.0 Å². The van der Waals surface area contributed by atoms with Crippen LogP contribution in [-0.2, 0) is 19.6 Å². The Hall–Kier alpha value is -3.85. The Morgan fingerprint density at radius 1 is 1.06 bits per heavy atom. The first-order valence-electron chi connectivity index (χ1n) is 11.6. The normalized spacial score (nSPS) is 13.5. The number of aryl methyl sites for hydroxylation is 2. The lowest BCUT2D eigenvalue weighted by Crippen LogP contribution is -2.38. The first-order valence-corrected chi connectivity index (χ1v) is 13.1. The zero-order chi connectivity index (χ0) is 25.9. The Labute approximate surface area is 211 Å². The van der Waals surface area contributed by atoms with Gasteiger partial charge >= 0.3 is 0 Å². The predicted molar refractivity (Wildman–Crippen MR) is 140 cm³/mol. The van der Waals surface area contributed by atoms with E-state index in [1.165, 1.54) is 19.2 Å². The average molecular weight is 508 g/mol. The Morgan fingerprint density at radius 3 is 2.44 bits per heavy atom. The van der Waals surface area contributed by atoms with Gasteiger partial charge in [0.2, 0.25) is 11.8 Å². The van der Waals surface area contributed by atoms with Crippen molar-refractivity contribution in [2.24, 2.45) is 0 Å². The number of methoxy groups -OCH3 is 1. The van der Waals surface area contributed by atoms with E-state index in [0.717, 1.165) is 27.5 Å². The summed E-state index contributed by atoms with van der Waals surface area (Å²) in [6, 6.07) is 18.4. The van der Waals surface area contributed by atoms with Crippen molar-refractivity contribution in [3.8, 4) is 5.75 Å². The Kier molecular flexibility index (Phi) is 7.30. The van der Waals surface area contributed by atoms with Crippen LogP contribution in [0.3, 0.4) is 0 Å². The van der Waals surface area contributed by atoms with Crippen molar-refractivity contribution >= 4 is 38.9 Å². The van der Waals surface area contributed by atoms with Crippen LogP contribution in [0.25, 0.3) is 0 Å². The maximum atomic E-state index is 13.7. The number of hydrogen-bond acceptors (Lipinski definition) is 5. The number of sulfonamides is 1. The molecule has 1 saturated heterocycles. The molecule has 188 valence electrons. The number of amides is 2. The maximum absolute atomic E-state index is 13.7. The van der Waals surface area contributed by atoms with E-state index in [1.807, 2.05) is 19.9 Å². The maximum Gasteiger partial charge on any atom is 0.264 e. The van der Waals surface area contributed by atoms with Crippen LogP contribution in [-0.4, -0.2) is 40.4 Å². The van der Waals surface area contributed by atoms with Crippen LogP contribution in [0.4, 0.5) is 17.1 Å². The third-order valence-corrected chi connectivity index (χ3v) is 7.88. The van der Waals surface area contributed by atoms with Gasteiger partial charge in [-0.25, -0.2) is 8.42 Å². The molecule has 0 radical (unpaired) electrons. The van der Waals surface area contributed by atoms with Gasteiger partial charge in [0.15, 0.2) is 0 Å². The fraction of sp³-hybridized carbons (Fsp3) is 0.259. The summed E-state index contributed by atoms with van der Waals surface area (Å²) in [6.07, 6.45) is 1.29. The zero-order valence-electron chi connectivity index (χ0n) is 20.5. The van der Waals surface area contributed by atoms with Crippen LogP contribution >= 0.6 is 0 Å². The van der Waals surface area contributed by atoms with Gasteiger partial charge in [0.25, 0.3) is 10.0 Å². The number of nitrogens with one attached hydrogen (secondary N) is 1. The molecule has 2 amide bonds. The monoisotopic (exact) mass is 507 g/mol. The number of carbonyl (C=O) groups is 2. The standard InChI is InChI=1S/C27H29N3O5S/c1-19-10-14-22(15-11-19)36(33,34)30(23-7-4-5-8-25(23)35-3)18-26(31)28-21-13-12-20(2)24(17-21)29-16-6-9-27(29)32/h4-5,7-8,10-15,17H,6,9,16,18H2,1-3H3,(H,28,31). The Bertz CT molecular complexity index is 1390. The van der Waals surface area contributed by atoms with Crippen LogP contribution in [0, 0.1) is 13.8 Å². The lowest BCUT2D eigenvalue weighted by molar-refractivity contribution is -0.117. The summed E-state index contributed by atoms with van der Waals surface area (Å²) in [7, 11) is -2.64. The highest BCUT2D eigenvalue weighted by Crippen LogP contribution is 2.33. The predicted octanol–water partition coefficient (Wildman–Crippen LogP) is 4.27. The molecule has 1 aliphatic rings. The summed E-state index contributed by atoms with van der Waals surface area (Å²) in [4.78, 5) is 27.2. The molecule has 1 heterocycles. The molecule has 1 aliphatic heterocycles. The molecule has 0 atom stereocenters. The van der Waals surface area contributed by atoms with E-state index in [1.54, 1.807) is 53.4 Å². The SMILES string of the molecule is COc1ccccc1N(CC(=O)Nc1ccc(C)c(N2CCCC2=O)c1)S(=O)(=O)c1ccc(C)cc1. The fourth-order valence-electron chi connectivity index (χ4n) is 4.18. The summed E-state index contributed by atoms with van der Waals surface area (Å²) in [6.45, 7) is 3.94. The molecule has 1 N–H and O–H groups in total. The molecule has 0 aliphatic carbocycles. The minimum absolute atomic E-state index is 0.0492. The van der Waals surface area contributed by atoms with Crippen molar-refractivity contribution in [2.75, 3.05) is 34.7 Å². The quantitative estimate of drug-likeness (QED) is 0.491. The number of carbonyl (C=O) groups excluding carboxylic acids is 2. The first-order chi connectivity index (χ1) is 17.2. The molecule has 8 nitrogen and oxygen atoms in total. The molecule has 0 saturated carbocycles. The topological polar surface area (TPSA) is 96.0 Å². The van der Waals surface area contributed by atoms with E-state index in [9.17, 15) is 18.0 Å². The van der Waals surface area contributed by atoms with Gasteiger partial charge in [-0.3, -0.25) is 13.9 Å². The first kappa shape index (κ1) is 25.2. The molecule has 0 bridgehead atoms. The number of benzene rings is 3. The van der Waals surface area contributed by atoms with Crippen LogP contribution in [0.5, 0.6) is 5.75 Å². The molecule has 36 heavy (non-hydrogen) atoms. The van der Waals surface area contributed by atoms with Crippen molar-refractivity contribution in [3.05, 3.63) is 77.9 Å². The van der Waals surface area contributed by atoms with E-state index < -0.39 is 22.5 Å². The molecule has 9 heteroatoms. The number of rotatable bonds is 8. The molecule has 0 spiro atoms. The third kappa shape index (κ3) is 5.21. The summed E-state index contributed by atoms with van der Waals surface area (Å²) in [5.41, 5.74) is 3.31. The highest BCUT2D eigenvalue weighted by molar-refractivity contribution is 7.92. The number of ether oxygens (including phenoxy) is 1. The number of hydrogen-bond donors (Lipinski definition) is 1. The van der Waals surface area contributed by atoms with Gasteiger partial charge in [0, 0.05) is 24.3 Å². The van der Waals surface area contributed by atoms with E-state index in [-0.39, 0.29) is 16.5 Å². The minimum Gasteiger partial charge on any atom is -0.495 e. The zero-order valence-corrected chi connectivity index (χ0v) is 21.3. The van der Waals surface area contributed by atoms with Gasteiger partial charge in [-0.2, -0.15) is 0 Å². The number of nitrogens with zero attached hydrogens (tertiary/aromatic N) is 2. The number of anilines is 3. The molecule has 1 fully saturated rings. The summed E-state index contributed by atoms with van der Waals surface area (Å²) >= 11 is 0. The van der Waals surface area contributed by atoms with Crippen molar-refractivity contribution in [1.29, 1.82) is 0 Å².